The van der Waals surface area contributed by atoms with Crippen molar-refractivity contribution in [2.75, 3.05) is 19.0 Å². The van der Waals surface area contributed by atoms with Crippen LogP contribution in [0.15, 0.2) is 18.2 Å². The van der Waals surface area contributed by atoms with Gasteiger partial charge in [0.25, 0.3) is 5.91 Å². The first-order chi connectivity index (χ1) is 8.38. The minimum atomic E-state index is -1.23. The first kappa shape index (κ1) is 14.2. The number of carboxylic acids is 1. The third-order valence-corrected chi connectivity index (χ3v) is 2.83. The van der Waals surface area contributed by atoms with Crippen molar-refractivity contribution in [3.63, 3.8) is 0 Å². The van der Waals surface area contributed by atoms with Gasteiger partial charge in [0.15, 0.2) is 6.04 Å². The van der Waals surface area contributed by atoms with Crippen molar-refractivity contribution in [2.24, 2.45) is 0 Å². The van der Waals surface area contributed by atoms with Crippen LogP contribution in [-0.4, -0.2) is 37.1 Å². The van der Waals surface area contributed by atoms with Gasteiger partial charge in [0, 0.05) is 12.7 Å². The largest absolute Gasteiger partial charge is 0.480 e. The maximum Gasteiger partial charge on any atom is 0.330 e. The number of carbonyl (C=O) groups is 2. The number of hydrogen-bond acceptors (Lipinski definition) is 3. The third-order valence-electron chi connectivity index (χ3n) is 2.83. The Morgan fingerprint density at radius 3 is 2.39 bits per heavy atom. The molecule has 0 aliphatic rings. The molecule has 5 heteroatoms. The maximum absolute atomic E-state index is 12.0. The molecule has 1 aromatic rings. The van der Waals surface area contributed by atoms with Crippen LogP contribution in [0.25, 0.3) is 0 Å². The molecule has 0 fully saturated rings. The van der Waals surface area contributed by atoms with Crippen LogP contribution in [0, 0.1) is 13.8 Å². The molecule has 1 unspecified atom stereocenters. The van der Waals surface area contributed by atoms with Gasteiger partial charge in [-0.05, 0) is 32.5 Å². The molecule has 18 heavy (non-hydrogen) atoms. The Morgan fingerprint density at radius 1 is 1.33 bits per heavy atom. The molecule has 0 radical (unpaired) electrons. The Bertz CT molecular complexity index is 471. The van der Waals surface area contributed by atoms with E-state index < -0.39 is 17.9 Å². The van der Waals surface area contributed by atoms with Crippen molar-refractivity contribution >= 4 is 17.6 Å². The van der Waals surface area contributed by atoms with Crippen molar-refractivity contribution in [3.8, 4) is 0 Å². The van der Waals surface area contributed by atoms with E-state index in [-0.39, 0.29) is 0 Å². The quantitative estimate of drug-likeness (QED) is 0.780. The van der Waals surface area contributed by atoms with Crippen LogP contribution in [0.1, 0.15) is 11.1 Å². The number of rotatable bonds is 4. The number of aryl methyl sites for hydroxylation is 2. The Kier molecular flexibility index (Phi) is 4.44. The smallest absolute Gasteiger partial charge is 0.330 e. The molecular weight excluding hydrogens is 232 g/mol. The van der Waals surface area contributed by atoms with Gasteiger partial charge in [0.1, 0.15) is 0 Å². The zero-order valence-corrected chi connectivity index (χ0v) is 11.0. The summed E-state index contributed by atoms with van der Waals surface area (Å²) in [5.41, 5.74) is 2.75. The van der Waals surface area contributed by atoms with Gasteiger partial charge in [-0.3, -0.25) is 10.1 Å². The zero-order valence-electron chi connectivity index (χ0n) is 11.0. The van der Waals surface area contributed by atoms with Gasteiger partial charge in [-0.2, -0.15) is 0 Å². The molecule has 5 nitrogen and oxygen atoms in total. The Balaban J connectivity index is 3.02. The van der Waals surface area contributed by atoms with Gasteiger partial charge >= 0.3 is 5.97 Å². The lowest BCUT2D eigenvalue weighted by molar-refractivity contribution is -0.143. The standard InChI is InChI=1S/C13H18N2O3/c1-8-5-6-10(9(2)7-8)15(4)12(16)11(14-3)13(17)18/h5-7,11,14H,1-4H3,(H,17,18). The number of amides is 1. The Morgan fingerprint density at radius 2 is 1.94 bits per heavy atom. The van der Waals surface area contributed by atoms with Crippen LogP contribution in [0.3, 0.4) is 0 Å². The number of benzene rings is 1. The maximum atomic E-state index is 12.0. The van der Waals surface area contributed by atoms with Crippen molar-refractivity contribution in [1.29, 1.82) is 0 Å². The van der Waals surface area contributed by atoms with Crippen LogP contribution in [0.2, 0.25) is 0 Å². The number of carboxylic acid groups (broad SMARTS) is 1. The molecule has 1 rings (SSSR count). The average molecular weight is 250 g/mol. The van der Waals surface area contributed by atoms with E-state index in [4.69, 9.17) is 5.11 Å². The van der Waals surface area contributed by atoms with E-state index in [1.165, 1.54) is 11.9 Å². The summed E-state index contributed by atoms with van der Waals surface area (Å²) in [6.07, 6.45) is 0. The van der Waals surface area contributed by atoms with Crippen molar-refractivity contribution in [2.45, 2.75) is 19.9 Å². The highest BCUT2D eigenvalue weighted by Gasteiger charge is 2.28. The second-order valence-corrected chi connectivity index (χ2v) is 4.25. The molecule has 0 aliphatic carbocycles. The highest BCUT2D eigenvalue weighted by atomic mass is 16.4. The topological polar surface area (TPSA) is 69.6 Å². The number of likely N-dealkylation sites (N-methyl/N-ethyl adjacent to an activating group) is 2. The monoisotopic (exact) mass is 250 g/mol. The predicted octanol–water partition coefficient (Wildman–Crippen LogP) is 0.939. The van der Waals surface area contributed by atoms with Crippen LogP contribution >= 0.6 is 0 Å². The van der Waals surface area contributed by atoms with E-state index >= 15 is 0 Å². The SMILES string of the molecule is CNC(C(=O)O)C(=O)N(C)c1ccc(C)cc1C. The van der Waals surface area contributed by atoms with Crippen molar-refractivity contribution in [1.82, 2.24) is 5.32 Å². The lowest BCUT2D eigenvalue weighted by atomic mass is 10.1. The van der Waals surface area contributed by atoms with Gasteiger partial charge in [-0.1, -0.05) is 17.7 Å². The van der Waals surface area contributed by atoms with E-state index in [0.29, 0.717) is 5.69 Å². The zero-order chi connectivity index (χ0) is 13.9. The molecule has 0 saturated carbocycles. The fourth-order valence-corrected chi connectivity index (χ4v) is 1.85. The van der Waals surface area contributed by atoms with Crippen LogP contribution in [0.5, 0.6) is 0 Å². The number of hydrogen-bond donors (Lipinski definition) is 2. The summed E-state index contributed by atoms with van der Waals surface area (Å²) in [5, 5.41) is 11.4. The first-order valence-corrected chi connectivity index (χ1v) is 5.63. The molecule has 0 bridgehead atoms. The van der Waals surface area contributed by atoms with E-state index in [9.17, 15) is 9.59 Å². The molecule has 0 aliphatic heterocycles. The molecule has 0 saturated heterocycles. The van der Waals surface area contributed by atoms with Gasteiger partial charge in [0.2, 0.25) is 0 Å². The molecule has 2 N–H and O–H groups in total. The summed E-state index contributed by atoms with van der Waals surface area (Å²) in [4.78, 5) is 24.3. The van der Waals surface area contributed by atoms with Crippen LogP contribution in [-0.2, 0) is 9.59 Å². The first-order valence-electron chi connectivity index (χ1n) is 5.63. The summed E-state index contributed by atoms with van der Waals surface area (Å²) in [7, 11) is 3.03. The van der Waals surface area contributed by atoms with Crippen LogP contribution in [0.4, 0.5) is 5.69 Å². The highest BCUT2D eigenvalue weighted by Crippen LogP contribution is 2.20. The summed E-state index contributed by atoms with van der Waals surface area (Å²) >= 11 is 0. The van der Waals surface area contributed by atoms with Gasteiger partial charge in [-0.25, -0.2) is 4.79 Å². The molecule has 1 aromatic carbocycles. The molecule has 1 atom stereocenters. The summed E-state index contributed by atoms with van der Waals surface area (Å²) in [6.45, 7) is 3.85. The normalized spacial score (nSPS) is 12.0. The molecule has 98 valence electrons. The van der Waals surface area contributed by atoms with Gasteiger partial charge in [-0.15, -0.1) is 0 Å². The second kappa shape index (κ2) is 5.64. The van der Waals surface area contributed by atoms with Crippen molar-refractivity contribution in [3.05, 3.63) is 29.3 Å². The lowest BCUT2D eigenvalue weighted by Gasteiger charge is -2.23. The molecular formula is C13H18N2O3. The molecule has 1 amide bonds. The fourth-order valence-electron chi connectivity index (χ4n) is 1.85. The Labute approximate surface area is 106 Å². The third kappa shape index (κ3) is 2.87. The van der Waals surface area contributed by atoms with E-state index in [1.807, 2.05) is 32.0 Å². The number of aliphatic carboxylic acids is 1. The van der Waals surface area contributed by atoms with Crippen LogP contribution < -0.4 is 10.2 Å². The highest BCUT2D eigenvalue weighted by molar-refractivity contribution is 6.09. The Hall–Kier alpha value is -1.88. The van der Waals surface area contributed by atoms with Gasteiger partial charge in [0.05, 0.1) is 0 Å². The molecule has 0 spiro atoms. The van der Waals surface area contributed by atoms with E-state index in [1.54, 1.807) is 7.05 Å². The predicted molar refractivity (Wildman–Crippen MR) is 69.8 cm³/mol. The molecule has 0 aromatic heterocycles. The fraction of sp³-hybridized carbons (Fsp3) is 0.385. The lowest BCUT2D eigenvalue weighted by Crippen LogP contribution is -2.48. The molecule has 0 heterocycles. The number of carbonyl (C=O) groups excluding carboxylic acids is 1. The van der Waals surface area contributed by atoms with Gasteiger partial charge < -0.3 is 10.0 Å². The number of nitrogens with one attached hydrogen (secondary N) is 1. The summed E-state index contributed by atoms with van der Waals surface area (Å²) in [5.74, 6) is -1.67. The number of nitrogens with zero attached hydrogens (tertiary/aromatic N) is 1. The van der Waals surface area contributed by atoms with E-state index in [2.05, 4.69) is 5.32 Å². The minimum absolute atomic E-state index is 0.489. The second-order valence-electron chi connectivity index (χ2n) is 4.25. The minimum Gasteiger partial charge on any atom is -0.480 e. The summed E-state index contributed by atoms with van der Waals surface area (Å²) < 4.78 is 0. The van der Waals surface area contributed by atoms with E-state index in [0.717, 1.165) is 11.1 Å². The average Bonchev–Trinajstić information content (AvgIpc) is 2.28. The summed E-state index contributed by atoms with van der Waals surface area (Å²) in [6, 6.07) is 4.43. The number of anilines is 1. The van der Waals surface area contributed by atoms with Crippen molar-refractivity contribution < 1.29 is 14.7 Å².